The van der Waals surface area contributed by atoms with E-state index in [-0.39, 0.29) is 17.6 Å². The number of amides is 1. The van der Waals surface area contributed by atoms with Crippen molar-refractivity contribution in [3.63, 3.8) is 0 Å². The molecule has 150 valence electrons. The number of halogens is 1. The summed E-state index contributed by atoms with van der Waals surface area (Å²) < 4.78 is 21.1. The Balaban J connectivity index is 1.66. The third kappa shape index (κ3) is 3.22. The van der Waals surface area contributed by atoms with Crippen LogP contribution >= 0.6 is 0 Å². The summed E-state index contributed by atoms with van der Waals surface area (Å²) in [5.74, 6) is 0.465. The van der Waals surface area contributed by atoms with Crippen LogP contribution in [0.3, 0.4) is 0 Å². The van der Waals surface area contributed by atoms with Gasteiger partial charge in [0.05, 0.1) is 18.3 Å². The first-order valence-electron chi connectivity index (χ1n) is 9.92. The van der Waals surface area contributed by atoms with Gasteiger partial charge in [-0.1, -0.05) is 30.3 Å². The van der Waals surface area contributed by atoms with Crippen LogP contribution in [0.2, 0.25) is 0 Å². The van der Waals surface area contributed by atoms with Crippen molar-refractivity contribution in [2.24, 2.45) is 0 Å². The van der Waals surface area contributed by atoms with E-state index in [9.17, 15) is 9.18 Å². The normalized spacial score (nSPS) is 15.7. The molecule has 1 aliphatic heterocycles. The lowest BCUT2D eigenvalue weighted by atomic mass is 9.88. The lowest BCUT2D eigenvalue weighted by Crippen LogP contribution is -2.14. The summed E-state index contributed by atoms with van der Waals surface area (Å²) in [7, 11) is 1.64. The number of anilines is 1. The van der Waals surface area contributed by atoms with E-state index in [1.807, 2.05) is 48.5 Å². The molecule has 0 saturated carbocycles. The Morgan fingerprint density at radius 1 is 1.10 bits per heavy atom. The molecule has 0 unspecified atom stereocenters. The first kappa shape index (κ1) is 18.4. The van der Waals surface area contributed by atoms with Crippen molar-refractivity contribution >= 4 is 22.5 Å². The molecule has 0 saturated heterocycles. The Morgan fingerprint density at radius 3 is 2.67 bits per heavy atom. The maximum absolute atomic E-state index is 13.7. The van der Waals surface area contributed by atoms with Gasteiger partial charge >= 0.3 is 0 Å². The zero-order valence-corrected chi connectivity index (χ0v) is 16.6. The highest BCUT2D eigenvalue weighted by atomic mass is 19.1. The molecule has 1 aliphatic rings. The molecule has 4 aromatic rings. The van der Waals surface area contributed by atoms with E-state index >= 15 is 0 Å². The summed E-state index contributed by atoms with van der Waals surface area (Å²) in [6.45, 7) is 0.557. The number of carbonyl (C=O) groups excluding carboxylic acids is 1. The number of hydrogen-bond donors (Lipinski definition) is 1. The van der Waals surface area contributed by atoms with Gasteiger partial charge in [0, 0.05) is 30.5 Å². The second-order valence-electron chi connectivity index (χ2n) is 7.62. The second-order valence-corrected chi connectivity index (χ2v) is 7.62. The van der Waals surface area contributed by atoms with Gasteiger partial charge < -0.3 is 14.6 Å². The van der Waals surface area contributed by atoms with Gasteiger partial charge in [-0.05, 0) is 53.1 Å². The number of ether oxygens (including phenoxy) is 1. The van der Waals surface area contributed by atoms with Crippen LogP contribution in [0.5, 0.6) is 5.75 Å². The Bertz CT molecular complexity index is 1240. The van der Waals surface area contributed by atoms with Crippen molar-refractivity contribution in [1.82, 2.24) is 4.57 Å². The van der Waals surface area contributed by atoms with Crippen molar-refractivity contribution in [2.45, 2.75) is 18.9 Å². The predicted octanol–water partition coefficient (Wildman–Crippen LogP) is 5.31. The zero-order valence-electron chi connectivity index (χ0n) is 16.6. The molecule has 0 radical (unpaired) electrons. The number of aromatic nitrogens is 1. The number of nitrogens with one attached hydrogen (secondary N) is 1. The maximum Gasteiger partial charge on any atom is 0.225 e. The molecule has 0 aliphatic carbocycles. The van der Waals surface area contributed by atoms with Crippen LogP contribution in [0.15, 0.2) is 72.9 Å². The first-order valence-corrected chi connectivity index (χ1v) is 9.92. The lowest BCUT2D eigenvalue weighted by Gasteiger charge is -2.15. The maximum atomic E-state index is 13.7. The molecule has 0 fully saturated rings. The van der Waals surface area contributed by atoms with Gasteiger partial charge in [0.1, 0.15) is 11.6 Å². The third-order valence-corrected chi connectivity index (χ3v) is 5.73. The van der Waals surface area contributed by atoms with Gasteiger partial charge in [-0.15, -0.1) is 0 Å². The molecular weight excluding hydrogens is 379 g/mol. The van der Waals surface area contributed by atoms with Crippen molar-refractivity contribution < 1.29 is 13.9 Å². The van der Waals surface area contributed by atoms with Crippen LogP contribution in [0.4, 0.5) is 10.1 Å². The van der Waals surface area contributed by atoms with Crippen LogP contribution in [-0.4, -0.2) is 17.6 Å². The fraction of sp³-hybridized carbons (Fsp3) is 0.160. The second kappa shape index (κ2) is 7.34. The summed E-state index contributed by atoms with van der Waals surface area (Å²) in [5.41, 5.74) is 4.90. The molecule has 1 N–H and O–H groups in total. The van der Waals surface area contributed by atoms with Crippen molar-refractivity contribution in [3.8, 4) is 5.75 Å². The molecule has 0 bridgehead atoms. The van der Waals surface area contributed by atoms with E-state index in [1.165, 1.54) is 6.07 Å². The fourth-order valence-electron chi connectivity index (χ4n) is 4.35. The number of rotatable bonds is 4. The fourth-order valence-corrected chi connectivity index (χ4v) is 4.35. The average molecular weight is 400 g/mol. The highest BCUT2D eigenvalue weighted by Crippen LogP contribution is 2.41. The summed E-state index contributed by atoms with van der Waals surface area (Å²) in [4.78, 5) is 12.6. The van der Waals surface area contributed by atoms with Gasteiger partial charge in [0.15, 0.2) is 0 Å². The third-order valence-electron chi connectivity index (χ3n) is 5.73. The van der Waals surface area contributed by atoms with Gasteiger partial charge in [0.25, 0.3) is 0 Å². The van der Waals surface area contributed by atoms with Gasteiger partial charge in [-0.2, -0.15) is 0 Å². The number of nitrogens with zero attached hydrogens (tertiary/aromatic N) is 1. The zero-order chi connectivity index (χ0) is 20.7. The summed E-state index contributed by atoms with van der Waals surface area (Å²) in [6.07, 6.45) is 2.47. The first-order chi connectivity index (χ1) is 14.6. The van der Waals surface area contributed by atoms with E-state index in [2.05, 4.69) is 16.1 Å². The number of methoxy groups -OCH3 is 1. The van der Waals surface area contributed by atoms with Gasteiger partial charge in [0.2, 0.25) is 5.91 Å². The highest BCUT2D eigenvalue weighted by molar-refractivity contribution is 6.06. The Morgan fingerprint density at radius 2 is 1.90 bits per heavy atom. The smallest absolute Gasteiger partial charge is 0.225 e. The van der Waals surface area contributed by atoms with Crippen LogP contribution in [0.1, 0.15) is 29.0 Å². The minimum absolute atomic E-state index is 0.00352. The Hall–Kier alpha value is -3.60. The molecule has 2 heterocycles. The Kier molecular flexibility index (Phi) is 4.51. The summed E-state index contributed by atoms with van der Waals surface area (Å²) in [5, 5.41) is 4.10. The van der Waals surface area contributed by atoms with E-state index in [4.69, 9.17) is 4.74 Å². The molecule has 1 atom stereocenters. The van der Waals surface area contributed by atoms with Crippen molar-refractivity contribution in [2.75, 3.05) is 12.4 Å². The van der Waals surface area contributed by atoms with Gasteiger partial charge in [-0.3, -0.25) is 4.79 Å². The summed E-state index contributed by atoms with van der Waals surface area (Å²) >= 11 is 0. The minimum Gasteiger partial charge on any atom is -0.497 e. The molecule has 30 heavy (non-hydrogen) atoms. The predicted molar refractivity (Wildman–Crippen MR) is 116 cm³/mol. The van der Waals surface area contributed by atoms with Crippen molar-refractivity contribution in [1.29, 1.82) is 0 Å². The Labute approximate surface area is 173 Å². The molecule has 4 nitrogen and oxygen atoms in total. The van der Waals surface area contributed by atoms with Crippen LogP contribution in [0, 0.1) is 5.82 Å². The molecular formula is C25H21FN2O2. The topological polar surface area (TPSA) is 43.3 Å². The van der Waals surface area contributed by atoms with Crippen LogP contribution in [0.25, 0.3) is 10.9 Å². The van der Waals surface area contributed by atoms with Crippen molar-refractivity contribution in [3.05, 3.63) is 95.4 Å². The van der Waals surface area contributed by atoms with Crippen LogP contribution in [-0.2, 0) is 11.3 Å². The molecule has 5 heteroatoms. The number of benzene rings is 3. The monoisotopic (exact) mass is 400 g/mol. The number of carbonyl (C=O) groups is 1. The van der Waals surface area contributed by atoms with E-state index in [0.717, 1.165) is 39.0 Å². The molecule has 1 amide bonds. The largest absolute Gasteiger partial charge is 0.497 e. The molecule has 5 rings (SSSR count). The standard InChI is InChI=1S/C25H21FN2O2/c1-30-19-10-8-17(9-11-19)20-13-24(29)27-22-6-3-7-23-25(22)21(20)15-28(23)14-16-4-2-5-18(26)12-16/h2-12,15,20H,13-14H2,1H3,(H,27,29)/t20-/m0/s1. The molecule has 0 spiro atoms. The molecule has 3 aromatic carbocycles. The van der Waals surface area contributed by atoms with E-state index in [0.29, 0.717) is 13.0 Å². The van der Waals surface area contributed by atoms with E-state index in [1.54, 1.807) is 19.2 Å². The van der Waals surface area contributed by atoms with Crippen LogP contribution < -0.4 is 10.1 Å². The molecule has 1 aromatic heterocycles. The summed E-state index contributed by atoms with van der Waals surface area (Å²) in [6, 6.07) is 20.5. The highest BCUT2D eigenvalue weighted by Gasteiger charge is 2.27. The minimum atomic E-state index is -0.241. The average Bonchev–Trinajstić information content (AvgIpc) is 3.04. The number of hydrogen-bond acceptors (Lipinski definition) is 2. The van der Waals surface area contributed by atoms with E-state index < -0.39 is 0 Å². The SMILES string of the molecule is COc1ccc([C@@H]2CC(=O)Nc3cccc4c3c2cn4Cc2cccc(F)c2)cc1. The van der Waals surface area contributed by atoms with Gasteiger partial charge in [-0.25, -0.2) is 4.39 Å². The lowest BCUT2D eigenvalue weighted by molar-refractivity contribution is -0.116. The quantitative estimate of drug-likeness (QED) is 0.504.